The molecule has 28 heavy (non-hydrogen) atoms. The van der Waals surface area contributed by atoms with Gasteiger partial charge in [-0.25, -0.2) is 4.39 Å². The van der Waals surface area contributed by atoms with Crippen LogP contribution in [0, 0.1) is 5.82 Å². The SMILES string of the molecule is O=C(CCNC(=O)c1cc(F)ccc1Br)Nc1ccc(N2CCCCC2)cc1. The molecule has 1 aliphatic heterocycles. The summed E-state index contributed by atoms with van der Waals surface area (Å²) in [5, 5.41) is 5.46. The predicted octanol–water partition coefficient (Wildman–Crippen LogP) is 4.34. The van der Waals surface area contributed by atoms with Gasteiger partial charge in [-0.15, -0.1) is 0 Å². The Morgan fingerprint density at radius 3 is 2.46 bits per heavy atom. The summed E-state index contributed by atoms with van der Waals surface area (Å²) in [6, 6.07) is 11.7. The van der Waals surface area contributed by atoms with Gasteiger partial charge in [-0.05, 0) is 77.7 Å². The molecule has 0 atom stereocenters. The largest absolute Gasteiger partial charge is 0.372 e. The van der Waals surface area contributed by atoms with E-state index >= 15 is 0 Å². The highest BCUT2D eigenvalue weighted by Crippen LogP contribution is 2.22. The molecule has 1 aliphatic rings. The Morgan fingerprint density at radius 1 is 1.04 bits per heavy atom. The van der Waals surface area contributed by atoms with Gasteiger partial charge in [0.15, 0.2) is 0 Å². The molecule has 0 aliphatic carbocycles. The van der Waals surface area contributed by atoms with Crippen molar-refractivity contribution in [3.05, 3.63) is 58.3 Å². The third-order valence-electron chi connectivity index (χ3n) is 4.68. The second kappa shape index (κ2) is 9.68. The molecule has 2 amide bonds. The van der Waals surface area contributed by atoms with Crippen LogP contribution in [0.15, 0.2) is 46.9 Å². The van der Waals surface area contributed by atoms with Crippen molar-refractivity contribution >= 4 is 39.1 Å². The zero-order valence-electron chi connectivity index (χ0n) is 15.5. The summed E-state index contributed by atoms with van der Waals surface area (Å²) in [7, 11) is 0. The number of amides is 2. The molecule has 3 rings (SSSR count). The number of hydrogen-bond donors (Lipinski definition) is 2. The zero-order chi connectivity index (χ0) is 19.9. The lowest BCUT2D eigenvalue weighted by molar-refractivity contribution is -0.116. The maximum Gasteiger partial charge on any atom is 0.252 e. The summed E-state index contributed by atoms with van der Waals surface area (Å²) in [5.41, 5.74) is 2.10. The Bertz CT molecular complexity index is 836. The minimum Gasteiger partial charge on any atom is -0.372 e. The smallest absolute Gasteiger partial charge is 0.252 e. The minimum atomic E-state index is -0.487. The Hall–Kier alpha value is -2.41. The van der Waals surface area contributed by atoms with Crippen molar-refractivity contribution in [3.8, 4) is 0 Å². The van der Waals surface area contributed by atoms with Gasteiger partial charge in [0.2, 0.25) is 5.91 Å². The Kier molecular flexibility index (Phi) is 7.03. The number of benzene rings is 2. The van der Waals surface area contributed by atoms with E-state index in [0.29, 0.717) is 4.47 Å². The number of hydrogen-bond acceptors (Lipinski definition) is 3. The first-order chi connectivity index (χ1) is 13.5. The van der Waals surface area contributed by atoms with Crippen LogP contribution < -0.4 is 15.5 Å². The van der Waals surface area contributed by atoms with Crippen LogP contribution in [0.1, 0.15) is 36.0 Å². The van der Waals surface area contributed by atoms with E-state index in [0.717, 1.165) is 24.8 Å². The first-order valence-corrected chi connectivity index (χ1v) is 10.2. The molecule has 0 spiro atoms. The van der Waals surface area contributed by atoms with Crippen molar-refractivity contribution in [3.63, 3.8) is 0 Å². The molecule has 1 fully saturated rings. The molecular formula is C21H23BrFN3O2. The topological polar surface area (TPSA) is 61.4 Å². The van der Waals surface area contributed by atoms with Gasteiger partial charge in [-0.3, -0.25) is 9.59 Å². The van der Waals surface area contributed by atoms with Gasteiger partial charge >= 0.3 is 0 Å². The number of piperidine rings is 1. The highest BCUT2D eigenvalue weighted by atomic mass is 79.9. The van der Waals surface area contributed by atoms with E-state index in [4.69, 9.17) is 0 Å². The molecule has 148 valence electrons. The predicted molar refractivity (Wildman–Crippen MR) is 112 cm³/mol. The van der Waals surface area contributed by atoms with E-state index in [-0.39, 0.29) is 24.4 Å². The molecule has 0 saturated carbocycles. The fraction of sp³-hybridized carbons (Fsp3) is 0.333. The number of rotatable bonds is 6. The average molecular weight is 448 g/mol. The number of nitrogens with one attached hydrogen (secondary N) is 2. The van der Waals surface area contributed by atoms with Crippen LogP contribution in [0.25, 0.3) is 0 Å². The van der Waals surface area contributed by atoms with Gasteiger partial charge in [-0.1, -0.05) is 0 Å². The van der Waals surface area contributed by atoms with Gasteiger partial charge < -0.3 is 15.5 Å². The molecule has 0 radical (unpaired) electrons. The summed E-state index contributed by atoms with van der Waals surface area (Å²) < 4.78 is 13.8. The van der Waals surface area contributed by atoms with Crippen molar-refractivity contribution in [2.45, 2.75) is 25.7 Å². The second-order valence-electron chi connectivity index (χ2n) is 6.77. The molecule has 1 heterocycles. The summed E-state index contributed by atoms with van der Waals surface area (Å²) in [5.74, 6) is -1.10. The molecule has 7 heteroatoms. The average Bonchev–Trinajstić information content (AvgIpc) is 2.71. The van der Waals surface area contributed by atoms with Crippen LogP contribution in [0.3, 0.4) is 0 Å². The number of halogens is 2. The molecule has 5 nitrogen and oxygen atoms in total. The van der Waals surface area contributed by atoms with Gasteiger partial charge in [0, 0.05) is 41.9 Å². The van der Waals surface area contributed by atoms with Crippen molar-refractivity contribution in [1.29, 1.82) is 0 Å². The lowest BCUT2D eigenvalue weighted by Gasteiger charge is -2.28. The monoisotopic (exact) mass is 447 g/mol. The van der Waals surface area contributed by atoms with E-state index in [1.54, 1.807) is 0 Å². The quantitative estimate of drug-likeness (QED) is 0.692. The van der Waals surface area contributed by atoms with Crippen LogP contribution >= 0.6 is 15.9 Å². The fourth-order valence-corrected chi connectivity index (χ4v) is 3.61. The van der Waals surface area contributed by atoms with E-state index in [1.165, 1.54) is 37.1 Å². The standard InChI is InChI=1S/C21H23BrFN3O2/c22-19-9-4-15(23)14-18(19)21(28)24-11-10-20(27)25-16-5-7-17(8-6-16)26-12-2-1-3-13-26/h4-9,14H,1-3,10-13H2,(H,24,28)(H,25,27). The van der Waals surface area contributed by atoms with Gasteiger partial charge in [0.25, 0.3) is 5.91 Å². The molecule has 1 saturated heterocycles. The molecule has 0 unspecified atom stereocenters. The van der Waals surface area contributed by atoms with Crippen molar-refractivity contribution in [2.24, 2.45) is 0 Å². The maximum absolute atomic E-state index is 13.3. The molecule has 2 N–H and O–H groups in total. The summed E-state index contributed by atoms with van der Waals surface area (Å²) >= 11 is 3.22. The molecule has 2 aromatic rings. The summed E-state index contributed by atoms with van der Waals surface area (Å²) in [4.78, 5) is 26.6. The highest BCUT2D eigenvalue weighted by molar-refractivity contribution is 9.10. The van der Waals surface area contributed by atoms with E-state index in [2.05, 4.69) is 31.5 Å². The lowest BCUT2D eigenvalue weighted by Crippen LogP contribution is -2.29. The number of anilines is 2. The minimum absolute atomic E-state index is 0.131. The number of carbonyl (C=O) groups is 2. The van der Waals surface area contributed by atoms with Crippen molar-refractivity contribution in [2.75, 3.05) is 29.9 Å². The molecule has 2 aromatic carbocycles. The van der Waals surface area contributed by atoms with E-state index in [1.807, 2.05) is 24.3 Å². The molecule has 0 bridgehead atoms. The van der Waals surface area contributed by atoms with Crippen LogP contribution in [-0.2, 0) is 4.79 Å². The van der Waals surface area contributed by atoms with Gasteiger partial charge in [-0.2, -0.15) is 0 Å². The highest BCUT2D eigenvalue weighted by Gasteiger charge is 2.13. The number of nitrogens with zero attached hydrogens (tertiary/aromatic N) is 1. The third-order valence-corrected chi connectivity index (χ3v) is 5.37. The normalized spacial score (nSPS) is 13.9. The summed E-state index contributed by atoms with van der Waals surface area (Å²) in [6.45, 7) is 2.32. The van der Waals surface area contributed by atoms with Gasteiger partial charge in [0.05, 0.1) is 5.56 Å². The maximum atomic E-state index is 13.3. The van der Waals surface area contributed by atoms with E-state index < -0.39 is 11.7 Å². The Labute approximate surface area is 172 Å². The Balaban J connectivity index is 1.45. The van der Waals surface area contributed by atoms with Gasteiger partial charge in [0.1, 0.15) is 5.82 Å². The van der Waals surface area contributed by atoms with Crippen LogP contribution in [-0.4, -0.2) is 31.4 Å². The van der Waals surface area contributed by atoms with Crippen LogP contribution in [0.5, 0.6) is 0 Å². The van der Waals surface area contributed by atoms with E-state index in [9.17, 15) is 14.0 Å². The first kappa shape index (κ1) is 20.3. The fourth-order valence-electron chi connectivity index (χ4n) is 3.19. The molecule has 0 aromatic heterocycles. The lowest BCUT2D eigenvalue weighted by atomic mass is 10.1. The van der Waals surface area contributed by atoms with Crippen LogP contribution in [0.4, 0.5) is 15.8 Å². The summed E-state index contributed by atoms with van der Waals surface area (Å²) in [6.07, 6.45) is 3.86. The Morgan fingerprint density at radius 2 is 1.75 bits per heavy atom. The second-order valence-corrected chi connectivity index (χ2v) is 7.63. The molecular weight excluding hydrogens is 425 g/mol. The third kappa shape index (κ3) is 5.55. The van der Waals surface area contributed by atoms with Crippen molar-refractivity contribution in [1.82, 2.24) is 5.32 Å². The van der Waals surface area contributed by atoms with Crippen molar-refractivity contribution < 1.29 is 14.0 Å². The first-order valence-electron chi connectivity index (χ1n) is 9.41. The van der Waals surface area contributed by atoms with Crippen LogP contribution in [0.2, 0.25) is 0 Å². The zero-order valence-corrected chi connectivity index (χ0v) is 17.1. The number of carbonyl (C=O) groups excluding carboxylic acids is 2.